The number of nitrogens with zero attached hydrogens (tertiary/aromatic N) is 2. The van der Waals surface area contributed by atoms with Crippen LogP contribution in [-0.4, -0.2) is 43.2 Å². The molecule has 0 fully saturated rings. The molecule has 6 nitrogen and oxygen atoms in total. The topological polar surface area (TPSA) is 67.6 Å². The Hall–Kier alpha value is -2.64. The van der Waals surface area contributed by atoms with Crippen LogP contribution in [0.15, 0.2) is 63.6 Å². The standard InChI is InChI=1S/C22H24BrN3O3/c1-4-28-18-11-7-15(8-12-18)20(26(2)3)14-24-22(27)19-13-21(29-25-19)16-5-9-17(23)10-6-16/h5-13,20H,4,14H2,1-3H3,(H,24,27)/t20-/m1/s1. The van der Waals surface area contributed by atoms with Gasteiger partial charge in [0.15, 0.2) is 11.5 Å². The number of carbonyl (C=O) groups excluding carboxylic acids is 1. The van der Waals surface area contributed by atoms with Gasteiger partial charge in [-0.15, -0.1) is 0 Å². The maximum absolute atomic E-state index is 12.6. The molecule has 3 rings (SSSR count). The number of nitrogens with one attached hydrogen (secondary N) is 1. The Kier molecular flexibility index (Phi) is 7.06. The molecule has 7 heteroatoms. The van der Waals surface area contributed by atoms with E-state index in [-0.39, 0.29) is 17.6 Å². The summed E-state index contributed by atoms with van der Waals surface area (Å²) in [6.45, 7) is 3.03. The van der Waals surface area contributed by atoms with Crippen molar-refractivity contribution in [2.75, 3.05) is 27.2 Å². The van der Waals surface area contributed by atoms with E-state index in [0.29, 0.717) is 18.9 Å². The highest BCUT2D eigenvalue weighted by atomic mass is 79.9. The fourth-order valence-electron chi connectivity index (χ4n) is 2.96. The van der Waals surface area contributed by atoms with Crippen molar-refractivity contribution in [2.45, 2.75) is 13.0 Å². The van der Waals surface area contributed by atoms with Gasteiger partial charge >= 0.3 is 0 Å². The van der Waals surface area contributed by atoms with E-state index in [9.17, 15) is 4.79 Å². The van der Waals surface area contributed by atoms with Crippen LogP contribution in [0.2, 0.25) is 0 Å². The fourth-order valence-corrected chi connectivity index (χ4v) is 3.23. The number of hydrogen-bond donors (Lipinski definition) is 1. The quantitative estimate of drug-likeness (QED) is 0.537. The lowest BCUT2D eigenvalue weighted by atomic mass is 10.1. The lowest BCUT2D eigenvalue weighted by Gasteiger charge is -2.25. The van der Waals surface area contributed by atoms with Crippen LogP contribution in [0.1, 0.15) is 29.0 Å². The minimum absolute atomic E-state index is 0.0208. The second-order valence-electron chi connectivity index (χ2n) is 6.77. The molecule has 3 aromatic rings. The van der Waals surface area contributed by atoms with Crippen LogP contribution in [0.3, 0.4) is 0 Å². The van der Waals surface area contributed by atoms with Crippen molar-refractivity contribution in [2.24, 2.45) is 0 Å². The monoisotopic (exact) mass is 457 g/mol. The normalized spacial score (nSPS) is 12.0. The number of amides is 1. The highest BCUT2D eigenvalue weighted by Crippen LogP contribution is 2.23. The van der Waals surface area contributed by atoms with E-state index in [1.807, 2.05) is 69.6 Å². The average Bonchev–Trinajstić information content (AvgIpc) is 3.20. The summed E-state index contributed by atoms with van der Waals surface area (Å²) >= 11 is 3.40. The predicted molar refractivity (Wildman–Crippen MR) is 116 cm³/mol. The van der Waals surface area contributed by atoms with E-state index < -0.39 is 0 Å². The summed E-state index contributed by atoms with van der Waals surface area (Å²) in [7, 11) is 3.96. The van der Waals surface area contributed by atoms with Gasteiger partial charge in [-0.1, -0.05) is 45.4 Å². The van der Waals surface area contributed by atoms with E-state index >= 15 is 0 Å². The molecule has 29 heavy (non-hydrogen) atoms. The minimum Gasteiger partial charge on any atom is -0.494 e. The molecule has 1 amide bonds. The molecular weight excluding hydrogens is 434 g/mol. The molecule has 1 atom stereocenters. The Morgan fingerprint density at radius 2 is 1.86 bits per heavy atom. The number of rotatable bonds is 8. The van der Waals surface area contributed by atoms with Crippen LogP contribution in [0.5, 0.6) is 5.75 Å². The van der Waals surface area contributed by atoms with Crippen LogP contribution in [0, 0.1) is 0 Å². The Morgan fingerprint density at radius 3 is 2.48 bits per heavy atom. The molecule has 0 aliphatic carbocycles. The van der Waals surface area contributed by atoms with Crippen molar-refractivity contribution in [1.29, 1.82) is 0 Å². The highest BCUT2D eigenvalue weighted by Gasteiger charge is 2.18. The molecule has 0 radical (unpaired) electrons. The van der Waals surface area contributed by atoms with Crippen molar-refractivity contribution in [3.63, 3.8) is 0 Å². The summed E-state index contributed by atoms with van der Waals surface area (Å²) in [6, 6.07) is 17.2. The number of carbonyl (C=O) groups is 1. The molecular formula is C22H24BrN3O3. The zero-order chi connectivity index (χ0) is 20.8. The van der Waals surface area contributed by atoms with E-state index in [4.69, 9.17) is 9.26 Å². The number of halogens is 1. The first-order valence-corrected chi connectivity index (χ1v) is 10.2. The van der Waals surface area contributed by atoms with E-state index in [1.165, 1.54) is 0 Å². The van der Waals surface area contributed by atoms with Gasteiger partial charge in [-0.05, 0) is 50.8 Å². The lowest BCUT2D eigenvalue weighted by molar-refractivity contribution is 0.0933. The van der Waals surface area contributed by atoms with Crippen LogP contribution in [-0.2, 0) is 0 Å². The summed E-state index contributed by atoms with van der Waals surface area (Å²) in [6.07, 6.45) is 0. The Balaban J connectivity index is 1.65. The summed E-state index contributed by atoms with van der Waals surface area (Å²) in [4.78, 5) is 14.6. The maximum Gasteiger partial charge on any atom is 0.273 e. The number of benzene rings is 2. The highest BCUT2D eigenvalue weighted by molar-refractivity contribution is 9.10. The largest absolute Gasteiger partial charge is 0.494 e. The molecule has 1 N–H and O–H groups in total. The van der Waals surface area contributed by atoms with Gasteiger partial charge in [0.2, 0.25) is 0 Å². The third-order valence-corrected chi connectivity index (χ3v) is 5.06. The van der Waals surface area contributed by atoms with Crippen molar-refractivity contribution in [3.8, 4) is 17.1 Å². The molecule has 2 aromatic carbocycles. The van der Waals surface area contributed by atoms with Crippen molar-refractivity contribution >= 4 is 21.8 Å². The Labute approximate surface area is 179 Å². The van der Waals surface area contributed by atoms with Gasteiger partial charge in [0.1, 0.15) is 5.75 Å². The van der Waals surface area contributed by atoms with Gasteiger partial charge in [-0.3, -0.25) is 4.79 Å². The van der Waals surface area contributed by atoms with Gasteiger partial charge in [0.25, 0.3) is 5.91 Å². The zero-order valence-corrected chi connectivity index (χ0v) is 18.3. The van der Waals surface area contributed by atoms with Crippen molar-refractivity contribution < 1.29 is 14.1 Å². The molecule has 0 saturated carbocycles. The molecule has 0 saturated heterocycles. The van der Waals surface area contributed by atoms with Gasteiger partial charge < -0.3 is 19.5 Å². The van der Waals surface area contributed by atoms with E-state index in [1.54, 1.807) is 6.07 Å². The first-order chi connectivity index (χ1) is 14.0. The molecule has 0 bridgehead atoms. The van der Waals surface area contributed by atoms with E-state index in [2.05, 4.69) is 31.3 Å². The van der Waals surface area contributed by atoms with Gasteiger partial charge in [-0.25, -0.2) is 0 Å². The molecule has 0 aliphatic heterocycles. The molecule has 0 spiro atoms. The van der Waals surface area contributed by atoms with E-state index in [0.717, 1.165) is 21.3 Å². The zero-order valence-electron chi connectivity index (χ0n) is 16.7. The van der Waals surface area contributed by atoms with Gasteiger partial charge in [0.05, 0.1) is 12.6 Å². The molecule has 0 unspecified atom stereocenters. The Morgan fingerprint density at radius 1 is 1.17 bits per heavy atom. The maximum atomic E-state index is 12.6. The van der Waals surface area contributed by atoms with Crippen LogP contribution in [0.4, 0.5) is 0 Å². The average molecular weight is 458 g/mol. The number of hydrogen-bond acceptors (Lipinski definition) is 5. The minimum atomic E-state index is -0.269. The number of likely N-dealkylation sites (N-methyl/N-ethyl adjacent to an activating group) is 1. The molecule has 1 heterocycles. The summed E-state index contributed by atoms with van der Waals surface area (Å²) < 4.78 is 11.8. The molecule has 1 aromatic heterocycles. The van der Waals surface area contributed by atoms with Crippen molar-refractivity contribution in [3.05, 3.63) is 70.3 Å². The van der Waals surface area contributed by atoms with Gasteiger partial charge in [-0.2, -0.15) is 0 Å². The second-order valence-corrected chi connectivity index (χ2v) is 7.69. The molecule has 152 valence electrons. The second kappa shape index (κ2) is 9.71. The fraction of sp³-hybridized carbons (Fsp3) is 0.273. The predicted octanol–water partition coefficient (Wildman–Crippen LogP) is 4.54. The smallest absolute Gasteiger partial charge is 0.273 e. The third-order valence-electron chi connectivity index (χ3n) is 4.53. The Bertz CT molecular complexity index is 937. The van der Waals surface area contributed by atoms with Crippen LogP contribution >= 0.6 is 15.9 Å². The van der Waals surface area contributed by atoms with Gasteiger partial charge in [0, 0.05) is 22.6 Å². The van der Waals surface area contributed by atoms with Crippen LogP contribution in [0.25, 0.3) is 11.3 Å². The van der Waals surface area contributed by atoms with Crippen LogP contribution < -0.4 is 10.1 Å². The van der Waals surface area contributed by atoms with Crippen molar-refractivity contribution in [1.82, 2.24) is 15.4 Å². The lowest BCUT2D eigenvalue weighted by Crippen LogP contribution is -2.34. The summed E-state index contributed by atoms with van der Waals surface area (Å²) in [5.41, 5.74) is 2.21. The number of aromatic nitrogens is 1. The summed E-state index contributed by atoms with van der Waals surface area (Å²) in [5, 5.41) is 6.86. The molecule has 0 aliphatic rings. The first-order valence-electron chi connectivity index (χ1n) is 9.38. The first kappa shape index (κ1) is 21.1. The third kappa shape index (κ3) is 5.46. The SMILES string of the molecule is CCOc1ccc([C@@H](CNC(=O)c2cc(-c3ccc(Br)cc3)on2)N(C)C)cc1. The number of ether oxygens (including phenoxy) is 1. The summed E-state index contributed by atoms with van der Waals surface area (Å²) in [5.74, 6) is 1.12.